The van der Waals surface area contributed by atoms with Crippen molar-refractivity contribution in [3.63, 3.8) is 0 Å². The number of aromatic nitrogens is 1. The van der Waals surface area contributed by atoms with Crippen molar-refractivity contribution in [1.29, 1.82) is 0 Å². The van der Waals surface area contributed by atoms with Crippen LogP contribution >= 0.6 is 0 Å². The molecule has 5 heteroatoms. The van der Waals surface area contributed by atoms with Crippen LogP contribution in [0.15, 0.2) is 36.7 Å². The summed E-state index contributed by atoms with van der Waals surface area (Å²) in [5.74, 6) is -0.0603. The van der Waals surface area contributed by atoms with E-state index in [2.05, 4.69) is 10.3 Å². The van der Waals surface area contributed by atoms with E-state index in [4.69, 9.17) is 0 Å². The Morgan fingerprint density at radius 1 is 1.40 bits per heavy atom. The van der Waals surface area contributed by atoms with Crippen LogP contribution in [0.5, 0.6) is 0 Å². The van der Waals surface area contributed by atoms with Crippen molar-refractivity contribution in [2.24, 2.45) is 0 Å². The van der Waals surface area contributed by atoms with Crippen molar-refractivity contribution in [3.05, 3.63) is 42.2 Å². The van der Waals surface area contributed by atoms with Crippen molar-refractivity contribution in [1.82, 2.24) is 15.2 Å². The summed E-state index contributed by atoms with van der Waals surface area (Å²) in [6.07, 6.45) is 3.37. The van der Waals surface area contributed by atoms with Crippen LogP contribution < -0.4 is 5.32 Å². The first-order valence-corrected chi connectivity index (χ1v) is 6.76. The number of nitrogens with one attached hydrogen (secondary N) is 1. The number of hydrogen-bond acceptors (Lipinski definition) is 4. The average molecular weight is 271 g/mol. The molecule has 1 aliphatic rings. The number of nitrogens with zero attached hydrogens (tertiary/aromatic N) is 2. The predicted molar refractivity (Wildman–Crippen MR) is 76.5 cm³/mol. The van der Waals surface area contributed by atoms with E-state index in [9.17, 15) is 9.90 Å². The number of rotatable bonds is 2. The maximum Gasteiger partial charge on any atom is 0.256 e. The third kappa shape index (κ3) is 2.26. The highest BCUT2D eigenvalue weighted by Crippen LogP contribution is 2.20. The highest BCUT2D eigenvalue weighted by Gasteiger charge is 2.27. The normalized spacial score (nSPS) is 19.2. The molecule has 0 aliphatic carbocycles. The maximum absolute atomic E-state index is 12.7. The Labute approximate surface area is 117 Å². The smallest absolute Gasteiger partial charge is 0.256 e. The van der Waals surface area contributed by atoms with Crippen molar-refractivity contribution < 1.29 is 9.90 Å². The van der Waals surface area contributed by atoms with Crippen LogP contribution in [0.4, 0.5) is 0 Å². The Balaban J connectivity index is 1.99. The van der Waals surface area contributed by atoms with E-state index in [1.807, 2.05) is 24.3 Å². The van der Waals surface area contributed by atoms with Gasteiger partial charge in [0.25, 0.3) is 5.91 Å². The second kappa shape index (κ2) is 5.56. The molecular weight excluding hydrogens is 254 g/mol. The third-order valence-corrected chi connectivity index (χ3v) is 3.72. The van der Waals surface area contributed by atoms with E-state index in [-0.39, 0.29) is 18.6 Å². The molecule has 0 spiro atoms. The second-order valence-electron chi connectivity index (χ2n) is 4.95. The molecule has 1 saturated heterocycles. The lowest BCUT2D eigenvalue weighted by molar-refractivity contribution is 0.0538. The minimum atomic E-state index is -0.171. The molecule has 2 heterocycles. The zero-order valence-corrected chi connectivity index (χ0v) is 11.1. The van der Waals surface area contributed by atoms with Gasteiger partial charge in [-0.3, -0.25) is 9.78 Å². The Morgan fingerprint density at radius 3 is 3.10 bits per heavy atom. The first kappa shape index (κ1) is 13.0. The van der Waals surface area contributed by atoms with Crippen LogP contribution in [0.3, 0.4) is 0 Å². The van der Waals surface area contributed by atoms with Crippen LogP contribution in [-0.2, 0) is 0 Å². The lowest BCUT2D eigenvalue weighted by Gasteiger charge is -2.35. The summed E-state index contributed by atoms with van der Waals surface area (Å²) >= 11 is 0. The number of carbonyl (C=O) groups excluding carboxylic acids is 1. The quantitative estimate of drug-likeness (QED) is 0.841. The fraction of sp³-hybridized carbons (Fsp3) is 0.333. The van der Waals surface area contributed by atoms with Gasteiger partial charge in [-0.15, -0.1) is 0 Å². The zero-order chi connectivity index (χ0) is 13.9. The van der Waals surface area contributed by atoms with Crippen molar-refractivity contribution >= 4 is 16.7 Å². The SMILES string of the molecule is O=C(c1cncc2ccccc12)N1CCNC[C@H]1CO. The number of hydrogen-bond donors (Lipinski definition) is 2. The van der Waals surface area contributed by atoms with Gasteiger partial charge in [-0.1, -0.05) is 24.3 Å². The minimum absolute atomic E-state index is 0.0308. The molecule has 0 unspecified atom stereocenters. The minimum Gasteiger partial charge on any atom is -0.394 e. The maximum atomic E-state index is 12.7. The van der Waals surface area contributed by atoms with Crippen LogP contribution in [0, 0.1) is 0 Å². The van der Waals surface area contributed by atoms with Gasteiger partial charge in [0, 0.05) is 37.4 Å². The highest BCUT2D eigenvalue weighted by atomic mass is 16.3. The summed E-state index contributed by atoms with van der Waals surface area (Å²) in [7, 11) is 0. The Morgan fingerprint density at radius 2 is 2.25 bits per heavy atom. The fourth-order valence-electron chi connectivity index (χ4n) is 2.63. The van der Waals surface area contributed by atoms with Gasteiger partial charge >= 0.3 is 0 Å². The highest BCUT2D eigenvalue weighted by molar-refractivity contribution is 6.06. The number of fused-ring (bicyclic) bond motifs is 1. The fourth-order valence-corrected chi connectivity index (χ4v) is 2.63. The summed E-state index contributed by atoms with van der Waals surface area (Å²) in [5.41, 5.74) is 0.600. The molecule has 1 aromatic heterocycles. The van der Waals surface area contributed by atoms with E-state index < -0.39 is 0 Å². The molecule has 0 bridgehead atoms. The number of piperazine rings is 1. The Kier molecular flexibility index (Phi) is 3.62. The third-order valence-electron chi connectivity index (χ3n) is 3.72. The second-order valence-corrected chi connectivity index (χ2v) is 4.95. The molecule has 3 rings (SSSR count). The Bertz CT molecular complexity index is 624. The summed E-state index contributed by atoms with van der Waals surface area (Å²) in [6, 6.07) is 7.55. The molecule has 2 aromatic rings. The predicted octanol–water partition coefficient (Wildman–Crippen LogP) is 0.641. The lowest BCUT2D eigenvalue weighted by atomic mass is 10.1. The van der Waals surface area contributed by atoms with Crippen molar-refractivity contribution in [2.75, 3.05) is 26.2 Å². The first-order valence-electron chi connectivity index (χ1n) is 6.76. The van der Waals surface area contributed by atoms with Crippen LogP contribution in [-0.4, -0.2) is 53.2 Å². The van der Waals surface area contributed by atoms with E-state index in [1.165, 1.54) is 0 Å². The molecule has 1 atom stereocenters. The first-order chi connectivity index (χ1) is 9.81. The van der Waals surface area contributed by atoms with Crippen molar-refractivity contribution in [3.8, 4) is 0 Å². The zero-order valence-electron chi connectivity index (χ0n) is 11.1. The number of aliphatic hydroxyl groups excluding tert-OH is 1. The van der Waals surface area contributed by atoms with Crippen LogP contribution in [0.25, 0.3) is 10.8 Å². The number of carbonyl (C=O) groups is 1. The topological polar surface area (TPSA) is 65.5 Å². The molecule has 5 nitrogen and oxygen atoms in total. The molecule has 1 amide bonds. The molecule has 1 aromatic carbocycles. The molecule has 1 fully saturated rings. The summed E-state index contributed by atoms with van der Waals surface area (Å²) in [5, 5.41) is 14.5. The van der Waals surface area contributed by atoms with Gasteiger partial charge in [0.2, 0.25) is 0 Å². The van der Waals surface area contributed by atoms with Gasteiger partial charge in [0.15, 0.2) is 0 Å². The number of benzene rings is 1. The van der Waals surface area contributed by atoms with E-state index in [1.54, 1.807) is 17.3 Å². The summed E-state index contributed by atoms with van der Waals surface area (Å²) in [6.45, 7) is 1.95. The van der Waals surface area contributed by atoms with Gasteiger partial charge in [-0.2, -0.15) is 0 Å². The largest absolute Gasteiger partial charge is 0.394 e. The van der Waals surface area contributed by atoms with Crippen LogP contribution in [0.2, 0.25) is 0 Å². The van der Waals surface area contributed by atoms with E-state index in [0.717, 1.165) is 17.3 Å². The Hall–Kier alpha value is -1.98. The summed E-state index contributed by atoms with van der Waals surface area (Å²) < 4.78 is 0. The van der Waals surface area contributed by atoms with Crippen molar-refractivity contribution in [2.45, 2.75) is 6.04 Å². The monoisotopic (exact) mass is 271 g/mol. The van der Waals surface area contributed by atoms with E-state index in [0.29, 0.717) is 18.7 Å². The standard InChI is InChI=1S/C15H17N3O2/c19-10-12-8-16-5-6-18(12)15(20)14-9-17-7-11-3-1-2-4-13(11)14/h1-4,7,9,12,16,19H,5-6,8,10H2/t12-/m0/s1. The molecule has 104 valence electrons. The molecule has 2 N–H and O–H groups in total. The van der Waals surface area contributed by atoms with Gasteiger partial charge in [0.05, 0.1) is 18.2 Å². The molecule has 0 saturated carbocycles. The molecular formula is C15H17N3O2. The van der Waals surface area contributed by atoms with Gasteiger partial charge in [-0.05, 0) is 5.39 Å². The van der Waals surface area contributed by atoms with Gasteiger partial charge < -0.3 is 15.3 Å². The van der Waals surface area contributed by atoms with Gasteiger partial charge in [0.1, 0.15) is 0 Å². The average Bonchev–Trinajstić information content (AvgIpc) is 2.53. The molecule has 1 aliphatic heterocycles. The molecule has 0 radical (unpaired) electrons. The summed E-state index contributed by atoms with van der Waals surface area (Å²) in [4.78, 5) is 18.6. The van der Waals surface area contributed by atoms with E-state index >= 15 is 0 Å². The van der Waals surface area contributed by atoms with Crippen LogP contribution in [0.1, 0.15) is 10.4 Å². The number of amides is 1. The number of pyridine rings is 1. The molecule has 20 heavy (non-hydrogen) atoms. The number of aliphatic hydroxyl groups is 1. The lowest BCUT2D eigenvalue weighted by Crippen LogP contribution is -2.55. The van der Waals surface area contributed by atoms with Gasteiger partial charge in [-0.25, -0.2) is 0 Å².